The molecular weight excluding hydrogens is 394 g/mol. The number of carbonyl (C=O) groups excluding carboxylic acids is 2. The number of hydrogen-bond donors (Lipinski definition) is 3. The Kier molecular flexibility index (Phi) is 4.21. The molecule has 2 atom stereocenters. The van der Waals surface area contributed by atoms with Crippen LogP contribution in [0.5, 0.6) is 5.75 Å². The SMILES string of the molecule is CC1(S(=O)(=O)O)C=CC=CC1Nc1ccc(O)c2c1C(=O)c1ccccc1C2=O. The molecule has 148 valence electrons. The molecule has 2 unspecified atom stereocenters. The Morgan fingerprint density at radius 1 is 0.966 bits per heavy atom. The van der Waals surface area contributed by atoms with Crippen LogP contribution in [0.2, 0.25) is 0 Å². The van der Waals surface area contributed by atoms with E-state index in [4.69, 9.17) is 0 Å². The second-order valence-electron chi connectivity index (χ2n) is 7.11. The number of allylic oxidation sites excluding steroid dienone is 2. The van der Waals surface area contributed by atoms with Crippen molar-refractivity contribution in [1.82, 2.24) is 0 Å². The first-order valence-corrected chi connectivity index (χ1v) is 10.2. The minimum atomic E-state index is -4.50. The Balaban J connectivity index is 1.86. The first-order chi connectivity index (χ1) is 13.6. The zero-order valence-corrected chi connectivity index (χ0v) is 16.1. The molecule has 4 rings (SSSR count). The molecule has 0 spiro atoms. The molecule has 2 aliphatic rings. The summed E-state index contributed by atoms with van der Waals surface area (Å²) in [6, 6.07) is 8.06. The van der Waals surface area contributed by atoms with Gasteiger partial charge < -0.3 is 10.4 Å². The van der Waals surface area contributed by atoms with Crippen molar-refractivity contribution in [3.05, 3.63) is 83.0 Å². The van der Waals surface area contributed by atoms with Crippen molar-refractivity contribution in [3.63, 3.8) is 0 Å². The largest absolute Gasteiger partial charge is 0.507 e. The topological polar surface area (TPSA) is 121 Å². The van der Waals surface area contributed by atoms with Crippen LogP contribution in [-0.4, -0.2) is 40.4 Å². The molecule has 0 fully saturated rings. The van der Waals surface area contributed by atoms with Gasteiger partial charge in [0.25, 0.3) is 10.1 Å². The minimum Gasteiger partial charge on any atom is -0.507 e. The fourth-order valence-corrected chi connectivity index (χ4v) is 4.36. The molecule has 0 bridgehead atoms. The maximum atomic E-state index is 13.1. The predicted octanol–water partition coefficient (Wildman–Crippen LogP) is 2.72. The van der Waals surface area contributed by atoms with Gasteiger partial charge in [0.2, 0.25) is 0 Å². The van der Waals surface area contributed by atoms with Crippen LogP contribution in [0.3, 0.4) is 0 Å². The van der Waals surface area contributed by atoms with Gasteiger partial charge >= 0.3 is 0 Å². The number of phenols is 1. The van der Waals surface area contributed by atoms with Crippen LogP contribution in [0.1, 0.15) is 38.8 Å². The van der Waals surface area contributed by atoms with E-state index in [1.807, 2.05) is 0 Å². The third kappa shape index (κ3) is 2.80. The summed E-state index contributed by atoms with van der Waals surface area (Å²) in [6.45, 7) is 1.34. The number of aromatic hydroxyl groups is 1. The lowest BCUT2D eigenvalue weighted by atomic mass is 9.82. The first-order valence-electron chi connectivity index (χ1n) is 8.79. The van der Waals surface area contributed by atoms with Gasteiger partial charge in [-0.2, -0.15) is 8.42 Å². The third-order valence-electron chi connectivity index (χ3n) is 5.38. The van der Waals surface area contributed by atoms with Crippen molar-refractivity contribution in [2.24, 2.45) is 0 Å². The zero-order chi connectivity index (χ0) is 21.0. The maximum absolute atomic E-state index is 13.1. The van der Waals surface area contributed by atoms with E-state index in [1.165, 1.54) is 49.4 Å². The van der Waals surface area contributed by atoms with Crippen molar-refractivity contribution < 1.29 is 27.7 Å². The molecule has 2 aromatic rings. The van der Waals surface area contributed by atoms with Gasteiger partial charge in [0, 0.05) is 16.8 Å². The molecule has 0 amide bonds. The highest BCUT2D eigenvalue weighted by molar-refractivity contribution is 7.87. The van der Waals surface area contributed by atoms with Crippen molar-refractivity contribution >= 4 is 27.4 Å². The molecule has 3 N–H and O–H groups in total. The smallest absolute Gasteiger partial charge is 0.276 e. The van der Waals surface area contributed by atoms with Gasteiger partial charge in [-0.15, -0.1) is 0 Å². The van der Waals surface area contributed by atoms with Crippen LogP contribution in [-0.2, 0) is 10.1 Å². The van der Waals surface area contributed by atoms with Crippen LogP contribution in [0.25, 0.3) is 0 Å². The molecule has 0 heterocycles. The van der Waals surface area contributed by atoms with Crippen LogP contribution >= 0.6 is 0 Å². The number of benzene rings is 2. The predicted molar refractivity (Wildman–Crippen MR) is 107 cm³/mol. The molecule has 2 aromatic carbocycles. The Hall–Kier alpha value is -3.23. The van der Waals surface area contributed by atoms with Gasteiger partial charge in [-0.3, -0.25) is 14.1 Å². The highest BCUT2D eigenvalue weighted by atomic mass is 32.2. The standard InChI is InChI=1S/C21H17NO6S/c1-21(29(26,27)28)11-5-4-8-16(21)22-14-9-10-15(23)18-17(14)19(24)12-6-2-3-7-13(12)20(18)25/h2-11,16,22-23H,1H3,(H,26,27,28). The van der Waals surface area contributed by atoms with Crippen LogP contribution < -0.4 is 5.32 Å². The molecule has 7 nitrogen and oxygen atoms in total. The summed E-state index contributed by atoms with van der Waals surface area (Å²) in [5.41, 5.74) is 0.415. The summed E-state index contributed by atoms with van der Waals surface area (Å²) in [6.07, 6.45) is 5.99. The highest BCUT2D eigenvalue weighted by Gasteiger charge is 2.44. The van der Waals surface area contributed by atoms with Gasteiger partial charge in [0.15, 0.2) is 11.6 Å². The molecule has 0 aliphatic heterocycles. The monoisotopic (exact) mass is 411 g/mol. The van der Waals surface area contributed by atoms with Crippen molar-refractivity contribution in [2.45, 2.75) is 17.7 Å². The molecule has 8 heteroatoms. The fourth-order valence-electron chi connectivity index (χ4n) is 3.65. The number of phenolic OH excluding ortho intramolecular Hbond substituents is 1. The Morgan fingerprint density at radius 2 is 1.59 bits per heavy atom. The Morgan fingerprint density at radius 3 is 2.21 bits per heavy atom. The van der Waals surface area contributed by atoms with E-state index < -0.39 is 32.5 Å². The van der Waals surface area contributed by atoms with E-state index in [0.29, 0.717) is 0 Å². The summed E-state index contributed by atoms with van der Waals surface area (Å²) in [7, 11) is -4.50. The number of rotatable bonds is 3. The Bertz CT molecular complexity index is 1230. The number of carbonyl (C=O) groups is 2. The van der Waals surface area contributed by atoms with Gasteiger partial charge in [0.1, 0.15) is 10.5 Å². The molecule has 0 aromatic heterocycles. The molecular formula is C21H17NO6S. The lowest BCUT2D eigenvalue weighted by molar-refractivity contribution is 0.0977. The van der Waals surface area contributed by atoms with Crippen LogP contribution in [0.15, 0.2) is 60.7 Å². The number of fused-ring (bicyclic) bond motifs is 2. The maximum Gasteiger partial charge on any atom is 0.276 e. The number of nitrogens with one attached hydrogen (secondary N) is 1. The van der Waals surface area contributed by atoms with Crippen molar-refractivity contribution in [1.29, 1.82) is 0 Å². The molecule has 0 saturated heterocycles. The van der Waals surface area contributed by atoms with Gasteiger partial charge in [-0.1, -0.05) is 48.6 Å². The summed E-state index contributed by atoms with van der Waals surface area (Å²) in [4.78, 5) is 26.0. The number of anilines is 1. The quantitative estimate of drug-likeness (QED) is 0.448. The van der Waals surface area contributed by atoms with Gasteiger partial charge in [0.05, 0.1) is 17.2 Å². The van der Waals surface area contributed by atoms with Gasteiger partial charge in [-0.05, 0) is 19.1 Å². The average Bonchev–Trinajstić information content (AvgIpc) is 2.68. The summed E-state index contributed by atoms with van der Waals surface area (Å²) in [5.74, 6) is -1.29. The van der Waals surface area contributed by atoms with Crippen molar-refractivity contribution in [2.75, 3.05) is 5.32 Å². The van der Waals surface area contributed by atoms with E-state index in [2.05, 4.69) is 5.32 Å². The fraction of sp³-hybridized carbons (Fsp3) is 0.143. The van der Waals surface area contributed by atoms with E-state index in [0.717, 1.165) is 0 Å². The van der Waals surface area contributed by atoms with E-state index in [9.17, 15) is 27.7 Å². The molecule has 0 saturated carbocycles. The van der Waals surface area contributed by atoms with Crippen LogP contribution in [0.4, 0.5) is 5.69 Å². The highest BCUT2D eigenvalue weighted by Crippen LogP contribution is 2.38. The third-order valence-corrected chi connectivity index (χ3v) is 6.88. The second kappa shape index (κ2) is 6.40. The summed E-state index contributed by atoms with van der Waals surface area (Å²) in [5, 5.41) is 13.2. The van der Waals surface area contributed by atoms with E-state index in [1.54, 1.807) is 18.2 Å². The normalized spacial score (nSPS) is 22.9. The summed E-state index contributed by atoms with van der Waals surface area (Å²) >= 11 is 0. The average molecular weight is 411 g/mol. The zero-order valence-electron chi connectivity index (χ0n) is 15.3. The number of hydrogen-bond acceptors (Lipinski definition) is 6. The van der Waals surface area contributed by atoms with Gasteiger partial charge in [-0.25, -0.2) is 0 Å². The minimum absolute atomic E-state index is 0.0330. The first kappa shape index (κ1) is 19.1. The molecule has 0 radical (unpaired) electrons. The van der Waals surface area contributed by atoms with Crippen LogP contribution in [0, 0.1) is 0 Å². The Labute approximate surface area is 167 Å². The summed E-state index contributed by atoms with van der Waals surface area (Å²) < 4.78 is 32.1. The lowest BCUT2D eigenvalue weighted by Crippen LogP contribution is -2.49. The van der Waals surface area contributed by atoms with E-state index >= 15 is 0 Å². The molecule has 29 heavy (non-hydrogen) atoms. The number of ketones is 2. The second-order valence-corrected chi connectivity index (χ2v) is 8.94. The molecule has 2 aliphatic carbocycles. The lowest BCUT2D eigenvalue weighted by Gasteiger charge is -2.34. The van der Waals surface area contributed by atoms with Crippen molar-refractivity contribution in [3.8, 4) is 5.75 Å². The van der Waals surface area contributed by atoms with E-state index in [-0.39, 0.29) is 33.7 Å².